The summed E-state index contributed by atoms with van der Waals surface area (Å²) in [4.78, 5) is 11.1. The second-order valence-corrected chi connectivity index (χ2v) is 4.85. The lowest BCUT2D eigenvalue weighted by atomic mass is 10.1. The predicted molar refractivity (Wildman–Crippen MR) is 70.2 cm³/mol. The van der Waals surface area contributed by atoms with Gasteiger partial charge in [-0.05, 0) is 24.6 Å². The number of benzene rings is 1. The molecule has 0 aliphatic heterocycles. The van der Waals surface area contributed by atoms with Gasteiger partial charge in [0, 0.05) is 10.9 Å². The lowest BCUT2D eigenvalue weighted by Crippen LogP contribution is -1.93. The molecule has 19 heavy (non-hydrogen) atoms. The van der Waals surface area contributed by atoms with Crippen LogP contribution in [0.2, 0.25) is 0 Å². The van der Waals surface area contributed by atoms with Crippen molar-refractivity contribution in [3.8, 4) is 16.5 Å². The molecule has 0 saturated heterocycles. The Morgan fingerprint density at radius 3 is 2.74 bits per heavy atom. The van der Waals surface area contributed by atoms with Crippen molar-refractivity contribution in [1.29, 1.82) is 5.26 Å². The summed E-state index contributed by atoms with van der Waals surface area (Å²) in [6.45, 7) is 1.65. The van der Waals surface area contributed by atoms with Gasteiger partial charge in [-0.1, -0.05) is 0 Å². The third-order valence-electron chi connectivity index (χ3n) is 2.69. The van der Waals surface area contributed by atoms with Crippen LogP contribution in [-0.2, 0) is 0 Å². The Morgan fingerprint density at radius 2 is 2.21 bits per heavy atom. The van der Waals surface area contributed by atoms with E-state index in [0.717, 1.165) is 29.5 Å². The quantitative estimate of drug-likeness (QED) is 0.673. The SMILES string of the molecule is Cc1c(-c2cc(F)ccc2[N+](=O)[O-])sc(C#N)c1N. The third-order valence-corrected chi connectivity index (χ3v) is 3.94. The number of nitro groups is 1. The van der Waals surface area contributed by atoms with Gasteiger partial charge in [0.25, 0.3) is 5.69 Å². The minimum Gasteiger partial charge on any atom is -0.397 e. The standard InChI is InChI=1S/C12H8FN3O2S/c1-6-11(15)10(5-14)19-12(6)8-4-7(13)2-3-9(8)16(17)18/h2-4H,15H2,1H3. The lowest BCUT2D eigenvalue weighted by molar-refractivity contribution is -0.384. The van der Waals surface area contributed by atoms with Gasteiger partial charge in [-0.15, -0.1) is 11.3 Å². The highest BCUT2D eigenvalue weighted by molar-refractivity contribution is 7.16. The van der Waals surface area contributed by atoms with Gasteiger partial charge in [0.2, 0.25) is 0 Å². The number of hydrogen-bond donors (Lipinski definition) is 1. The van der Waals surface area contributed by atoms with Gasteiger partial charge in [0.15, 0.2) is 0 Å². The molecule has 5 nitrogen and oxygen atoms in total. The summed E-state index contributed by atoms with van der Waals surface area (Å²) < 4.78 is 13.3. The van der Waals surface area contributed by atoms with E-state index in [2.05, 4.69) is 0 Å². The average Bonchev–Trinajstić information content (AvgIpc) is 2.65. The normalized spacial score (nSPS) is 10.2. The number of anilines is 1. The summed E-state index contributed by atoms with van der Waals surface area (Å²) in [7, 11) is 0. The maximum Gasteiger partial charge on any atom is 0.278 e. The van der Waals surface area contributed by atoms with Crippen molar-refractivity contribution in [3.63, 3.8) is 0 Å². The van der Waals surface area contributed by atoms with E-state index in [1.54, 1.807) is 6.92 Å². The monoisotopic (exact) mass is 277 g/mol. The zero-order valence-corrected chi connectivity index (χ0v) is 10.6. The average molecular weight is 277 g/mol. The molecule has 0 radical (unpaired) electrons. The summed E-state index contributed by atoms with van der Waals surface area (Å²) >= 11 is 1.02. The Hall–Kier alpha value is -2.46. The topological polar surface area (TPSA) is 93.0 Å². The van der Waals surface area contributed by atoms with Crippen LogP contribution in [0.3, 0.4) is 0 Å². The fraction of sp³-hybridized carbons (Fsp3) is 0.0833. The molecule has 0 unspecified atom stereocenters. The second-order valence-electron chi connectivity index (χ2n) is 3.83. The minimum absolute atomic E-state index is 0.140. The summed E-state index contributed by atoms with van der Waals surface area (Å²) in [5.74, 6) is -0.578. The van der Waals surface area contributed by atoms with Gasteiger partial charge >= 0.3 is 0 Å². The number of nitrogens with two attached hydrogens (primary N) is 1. The van der Waals surface area contributed by atoms with Gasteiger partial charge in [0.05, 0.1) is 16.2 Å². The van der Waals surface area contributed by atoms with Crippen LogP contribution >= 0.6 is 11.3 Å². The molecule has 0 aliphatic rings. The van der Waals surface area contributed by atoms with E-state index >= 15 is 0 Å². The largest absolute Gasteiger partial charge is 0.397 e. The minimum atomic E-state index is -0.587. The number of nitriles is 1. The number of hydrogen-bond acceptors (Lipinski definition) is 5. The van der Waals surface area contributed by atoms with Crippen molar-refractivity contribution in [2.75, 3.05) is 5.73 Å². The van der Waals surface area contributed by atoms with Crippen LogP contribution in [-0.4, -0.2) is 4.92 Å². The van der Waals surface area contributed by atoms with E-state index in [1.165, 1.54) is 0 Å². The third kappa shape index (κ3) is 2.13. The van der Waals surface area contributed by atoms with Gasteiger partial charge < -0.3 is 5.73 Å². The molecule has 0 fully saturated rings. The van der Waals surface area contributed by atoms with Crippen molar-refractivity contribution in [3.05, 3.63) is 44.6 Å². The highest BCUT2D eigenvalue weighted by Gasteiger charge is 2.22. The van der Waals surface area contributed by atoms with Crippen LogP contribution in [0, 0.1) is 34.2 Å². The molecule has 0 atom stereocenters. The first-order valence-corrected chi connectivity index (χ1v) is 6.00. The molecular weight excluding hydrogens is 269 g/mol. The molecule has 0 aliphatic carbocycles. The molecule has 0 spiro atoms. The zero-order chi connectivity index (χ0) is 14.2. The van der Waals surface area contributed by atoms with Crippen LogP contribution in [0.5, 0.6) is 0 Å². The van der Waals surface area contributed by atoms with Gasteiger partial charge in [-0.2, -0.15) is 5.26 Å². The molecule has 0 saturated carbocycles. The van der Waals surface area contributed by atoms with E-state index in [-0.39, 0.29) is 21.8 Å². The van der Waals surface area contributed by atoms with Crippen LogP contribution < -0.4 is 5.73 Å². The molecule has 0 bridgehead atoms. The van der Waals surface area contributed by atoms with Gasteiger partial charge in [0.1, 0.15) is 16.8 Å². The maximum absolute atomic E-state index is 13.3. The van der Waals surface area contributed by atoms with Crippen molar-refractivity contribution in [2.45, 2.75) is 6.92 Å². The number of nitrogen functional groups attached to an aromatic ring is 1. The zero-order valence-electron chi connectivity index (χ0n) is 9.81. The molecule has 7 heteroatoms. The number of rotatable bonds is 2. The highest BCUT2D eigenvalue weighted by Crippen LogP contribution is 2.41. The molecule has 1 aromatic heterocycles. The van der Waals surface area contributed by atoms with Crippen LogP contribution in [0.4, 0.5) is 15.8 Å². The Bertz CT molecular complexity index is 718. The highest BCUT2D eigenvalue weighted by atomic mass is 32.1. The Kier molecular flexibility index (Phi) is 3.19. The molecule has 2 N–H and O–H groups in total. The van der Waals surface area contributed by atoms with Crippen molar-refractivity contribution < 1.29 is 9.31 Å². The van der Waals surface area contributed by atoms with Gasteiger partial charge in [-0.3, -0.25) is 10.1 Å². The fourth-order valence-electron chi connectivity index (χ4n) is 1.72. The fourth-order valence-corrected chi connectivity index (χ4v) is 2.76. The predicted octanol–water partition coefficient (Wildman–Crippen LogP) is 3.22. The van der Waals surface area contributed by atoms with E-state index in [0.29, 0.717) is 10.4 Å². The number of nitro benzene ring substituents is 1. The Balaban J connectivity index is 2.75. The van der Waals surface area contributed by atoms with Crippen molar-refractivity contribution in [1.82, 2.24) is 0 Å². The van der Waals surface area contributed by atoms with E-state index in [9.17, 15) is 14.5 Å². The second kappa shape index (κ2) is 4.66. The Morgan fingerprint density at radius 1 is 1.53 bits per heavy atom. The summed E-state index contributed by atoms with van der Waals surface area (Å²) in [6.07, 6.45) is 0. The van der Waals surface area contributed by atoms with Crippen LogP contribution in [0.1, 0.15) is 10.4 Å². The van der Waals surface area contributed by atoms with E-state index in [1.807, 2.05) is 6.07 Å². The summed E-state index contributed by atoms with van der Waals surface area (Å²) in [6, 6.07) is 5.13. The molecule has 1 aromatic carbocycles. The van der Waals surface area contributed by atoms with Gasteiger partial charge in [-0.25, -0.2) is 4.39 Å². The smallest absolute Gasteiger partial charge is 0.278 e. The summed E-state index contributed by atoms with van der Waals surface area (Å²) in [5.41, 5.74) is 6.50. The number of nitrogens with zero attached hydrogens (tertiary/aromatic N) is 2. The van der Waals surface area contributed by atoms with Crippen LogP contribution in [0.25, 0.3) is 10.4 Å². The van der Waals surface area contributed by atoms with E-state index in [4.69, 9.17) is 11.0 Å². The number of halogens is 1. The Labute approximate surface area is 111 Å². The first kappa shape index (κ1) is 13.0. The molecule has 1 heterocycles. The molecule has 2 rings (SSSR count). The maximum atomic E-state index is 13.3. The molecule has 2 aromatic rings. The lowest BCUT2D eigenvalue weighted by Gasteiger charge is -2.02. The number of thiophene rings is 1. The van der Waals surface area contributed by atoms with Crippen LogP contribution in [0.15, 0.2) is 18.2 Å². The molecular formula is C12H8FN3O2S. The van der Waals surface area contributed by atoms with E-state index < -0.39 is 10.7 Å². The first-order valence-electron chi connectivity index (χ1n) is 5.19. The first-order chi connectivity index (χ1) is 8.95. The van der Waals surface area contributed by atoms with Crippen molar-refractivity contribution in [2.24, 2.45) is 0 Å². The molecule has 96 valence electrons. The van der Waals surface area contributed by atoms with Crippen molar-refractivity contribution >= 4 is 22.7 Å². The summed E-state index contributed by atoms with van der Waals surface area (Å²) in [5, 5.41) is 19.9. The molecule has 0 amide bonds.